The first-order valence-corrected chi connectivity index (χ1v) is 7.88. The lowest BCUT2D eigenvalue weighted by molar-refractivity contribution is 0.337. The molecule has 0 radical (unpaired) electrons. The summed E-state index contributed by atoms with van der Waals surface area (Å²) in [5.74, 6) is 0.474. The smallest absolute Gasteiger partial charge is 0.191 e. The molecule has 0 aromatic carbocycles. The molecule has 1 aliphatic rings. The van der Waals surface area contributed by atoms with Gasteiger partial charge in [0.2, 0.25) is 0 Å². The summed E-state index contributed by atoms with van der Waals surface area (Å²) in [6.45, 7) is 5.42. The normalized spacial score (nSPS) is 19.5. The van der Waals surface area contributed by atoms with Crippen LogP contribution in [-0.2, 0) is 9.84 Å². The molecule has 0 amide bonds. The largest absolute Gasteiger partial charge is 0.370 e. The van der Waals surface area contributed by atoms with Crippen LogP contribution in [-0.4, -0.2) is 49.9 Å². The lowest BCUT2D eigenvalue weighted by Gasteiger charge is -2.28. The molecule has 0 saturated carbocycles. The van der Waals surface area contributed by atoms with E-state index >= 15 is 0 Å². The molecule has 0 aromatic heterocycles. The molecule has 100 valence electrons. The molecule has 0 atom stereocenters. The van der Waals surface area contributed by atoms with Crippen molar-refractivity contribution in [3.8, 4) is 0 Å². The summed E-state index contributed by atoms with van der Waals surface area (Å²) < 4.78 is 22.2. The van der Waals surface area contributed by atoms with E-state index in [1.165, 1.54) is 12.7 Å². The molecular weight excluding hydrogens is 238 g/mol. The Morgan fingerprint density at radius 1 is 1.29 bits per heavy atom. The minimum Gasteiger partial charge on any atom is -0.370 e. The van der Waals surface area contributed by atoms with E-state index in [2.05, 4.69) is 4.99 Å². The molecule has 1 heterocycles. The third-order valence-electron chi connectivity index (χ3n) is 3.31. The van der Waals surface area contributed by atoms with Gasteiger partial charge in [-0.15, -0.1) is 0 Å². The van der Waals surface area contributed by atoms with Gasteiger partial charge in [0.25, 0.3) is 0 Å². The van der Waals surface area contributed by atoms with E-state index in [-0.39, 0.29) is 6.54 Å². The second-order valence-electron chi connectivity index (χ2n) is 5.25. The highest BCUT2D eigenvalue weighted by Crippen LogP contribution is 2.15. The summed E-state index contributed by atoms with van der Waals surface area (Å²) in [5.41, 5.74) is 5.88. The summed E-state index contributed by atoms with van der Waals surface area (Å²) in [7, 11) is -3.11. The average Bonchev–Trinajstić information content (AvgIpc) is 2.25. The van der Waals surface area contributed by atoms with Crippen LogP contribution in [0.4, 0.5) is 0 Å². The van der Waals surface area contributed by atoms with Crippen molar-refractivity contribution < 1.29 is 8.42 Å². The average molecular weight is 261 g/mol. The molecule has 1 fully saturated rings. The molecule has 5 nitrogen and oxygen atoms in total. The van der Waals surface area contributed by atoms with E-state index in [9.17, 15) is 8.42 Å². The molecule has 0 spiro atoms. The first-order valence-electron chi connectivity index (χ1n) is 5.98. The summed E-state index contributed by atoms with van der Waals surface area (Å²) in [5, 5.41) is 0. The summed E-state index contributed by atoms with van der Waals surface area (Å²) in [4.78, 5) is 6.26. The highest BCUT2D eigenvalue weighted by molar-refractivity contribution is 7.92. The first-order chi connectivity index (χ1) is 7.74. The van der Waals surface area contributed by atoms with Crippen LogP contribution >= 0.6 is 0 Å². The second-order valence-corrected chi connectivity index (χ2v) is 7.90. The van der Waals surface area contributed by atoms with Crippen LogP contribution < -0.4 is 5.73 Å². The Hall–Kier alpha value is -0.780. The number of nitrogens with two attached hydrogens (primary N) is 1. The summed E-state index contributed by atoms with van der Waals surface area (Å²) in [6.07, 6.45) is 4.73. The molecule has 1 aliphatic heterocycles. The van der Waals surface area contributed by atoms with Crippen molar-refractivity contribution in [3.05, 3.63) is 0 Å². The lowest BCUT2D eigenvalue weighted by Crippen LogP contribution is -2.42. The minimum atomic E-state index is -3.11. The van der Waals surface area contributed by atoms with E-state index in [1.807, 2.05) is 4.90 Å². The van der Waals surface area contributed by atoms with Crippen molar-refractivity contribution in [2.45, 2.75) is 37.9 Å². The summed E-state index contributed by atoms with van der Waals surface area (Å²) >= 11 is 0. The second kappa shape index (κ2) is 5.25. The van der Waals surface area contributed by atoms with E-state index < -0.39 is 14.6 Å². The van der Waals surface area contributed by atoms with Gasteiger partial charge in [0.1, 0.15) is 0 Å². The number of piperidine rings is 1. The van der Waals surface area contributed by atoms with Crippen molar-refractivity contribution in [3.63, 3.8) is 0 Å². The minimum absolute atomic E-state index is 0.216. The Morgan fingerprint density at radius 3 is 2.29 bits per heavy atom. The van der Waals surface area contributed by atoms with Crippen LogP contribution in [0.3, 0.4) is 0 Å². The third-order valence-corrected chi connectivity index (χ3v) is 5.44. The lowest BCUT2D eigenvalue weighted by atomic mass is 10.1. The van der Waals surface area contributed by atoms with Crippen molar-refractivity contribution >= 4 is 15.8 Å². The van der Waals surface area contributed by atoms with Gasteiger partial charge in [-0.25, -0.2) is 8.42 Å². The fourth-order valence-electron chi connectivity index (χ4n) is 1.61. The molecule has 0 aliphatic carbocycles. The van der Waals surface area contributed by atoms with E-state index in [0.29, 0.717) is 5.96 Å². The van der Waals surface area contributed by atoms with Crippen LogP contribution in [0.15, 0.2) is 4.99 Å². The molecule has 0 aromatic rings. The van der Waals surface area contributed by atoms with Gasteiger partial charge in [0.15, 0.2) is 15.8 Å². The molecule has 0 bridgehead atoms. The van der Waals surface area contributed by atoms with Crippen LogP contribution in [0.1, 0.15) is 33.1 Å². The van der Waals surface area contributed by atoms with Crippen LogP contribution in [0.2, 0.25) is 0 Å². The molecular formula is C11H23N3O2S. The zero-order chi connectivity index (χ0) is 13.1. The number of sulfone groups is 1. The van der Waals surface area contributed by atoms with Gasteiger partial charge >= 0.3 is 0 Å². The highest BCUT2D eigenvalue weighted by Gasteiger charge is 2.30. The third kappa shape index (κ3) is 3.87. The van der Waals surface area contributed by atoms with Crippen LogP contribution in [0.25, 0.3) is 0 Å². The van der Waals surface area contributed by atoms with Crippen molar-refractivity contribution in [1.82, 2.24) is 4.90 Å². The molecule has 17 heavy (non-hydrogen) atoms. The predicted molar refractivity (Wildman–Crippen MR) is 70.8 cm³/mol. The number of guanidine groups is 1. The molecule has 6 heteroatoms. The zero-order valence-corrected chi connectivity index (χ0v) is 11.8. The van der Waals surface area contributed by atoms with Gasteiger partial charge in [0.05, 0.1) is 11.3 Å². The van der Waals surface area contributed by atoms with Gasteiger partial charge in [-0.2, -0.15) is 0 Å². The SMILES string of the molecule is CC(C)(CN=C(N)N1CCCCC1)S(C)(=O)=O. The number of aliphatic imine (C=N–C) groups is 1. The van der Waals surface area contributed by atoms with Crippen molar-refractivity contribution in [2.75, 3.05) is 25.9 Å². The Bertz CT molecular complexity index is 382. The van der Waals surface area contributed by atoms with Gasteiger partial charge in [0, 0.05) is 19.3 Å². The van der Waals surface area contributed by atoms with Gasteiger partial charge in [-0.1, -0.05) is 0 Å². The topological polar surface area (TPSA) is 75.8 Å². The summed E-state index contributed by atoms with van der Waals surface area (Å²) in [6, 6.07) is 0. The van der Waals surface area contributed by atoms with Crippen LogP contribution in [0, 0.1) is 0 Å². The van der Waals surface area contributed by atoms with E-state index in [0.717, 1.165) is 25.9 Å². The Kier molecular flexibility index (Phi) is 4.41. The molecule has 0 unspecified atom stereocenters. The highest BCUT2D eigenvalue weighted by atomic mass is 32.2. The maximum Gasteiger partial charge on any atom is 0.191 e. The monoisotopic (exact) mass is 261 g/mol. The van der Waals surface area contributed by atoms with Crippen LogP contribution in [0.5, 0.6) is 0 Å². The van der Waals surface area contributed by atoms with Crippen molar-refractivity contribution in [1.29, 1.82) is 0 Å². The fourth-order valence-corrected chi connectivity index (χ4v) is 1.91. The maximum atomic E-state index is 11.5. The predicted octanol–water partition coefficient (Wildman–Crippen LogP) is 0.610. The number of hydrogen-bond acceptors (Lipinski definition) is 3. The Morgan fingerprint density at radius 2 is 1.82 bits per heavy atom. The molecule has 1 saturated heterocycles. The first kappa shape index (κ1) is 14.3. The number of likely N-dealkylation sites (tertiary alicyclic amines) is 1. The van der Waals surface area contributed by atoms with Crippen molar-refractivity contribution in [2.24, 2.45) is 10.7 Å². The van der Waals surface area contributed by atoms with E-state index in [1.54, 1.807) is 13.8 Å². The number of hydrogen-bond donors (Lipinski definition) is 1. The Balaban J connectivity index is 2.64. The zero-order valence-electron chi connectivity index (χ0n) is 10.9. The Labute approximate surface area is 104 Å². The maximum absolute atomic E-state index is 11.5. The van der Waals surface area contributed by atoms with Gasteiger partial charge in [-0.3, -0.25) is 4.99 Å². The van der Waals surface area contributed by atoms with Gasteiger partial charge < -0.3 is 10.6 Å². The fraction of sp³-hybridized carbons (Fsp3) is 0.909. The molecule has 2 N–H and O–H groups in total. The molecule has 1 rings (SSSR count). The standard InChI is InChI=1S/C11H23N3O2S/c1-11(2,17(3,15)16)9-13-10(12)14-7-5-4-6-8-14/h4-9H2,1-3H3,(H2,12,13). The number of nitrogens with zero attached hydrogens (tertiary/aromatic N) is 2. The number of rotatable bonds is 3. The van der Waals surface area contributed by atoms with E-state index in [4.69, 9.17) is 5.73 Å². The quantitative estimate of drug-likeness (QED) is 0.596. The van der Waals surface area contributed by atoms with Gasteiger partial charge in [-0.05, 0) is 33.1 Å².